The summed E-state index contributed by atoms with van der Waals surface area (Å²) in [6.45, 7) is 0. The van der Waals surface area contributed by atoms with E-state index in [2.05, 4.69) is 234 Å². The summed E-state index contributed by atoms with van der Waals surface area (Å²) in [7, 11) is -2.61. The van der Waals surface area contributed by atoms with Crippen molar-refractivity contribution < 1.29 is 0 Å². The molecule has 9 aromatic carbocycles. The fourth-order valence-electron chi connectivity index (χ4n) is 11.3. The molecule has 63 heavy (non-hydrogen) atoms. The monoisotopic (exact) mass is 824 g/mol. The lowest BCUT2D eigenvalue weighted by Crippen LogP contribution is -2.74. The zero-order valence-corrected chi connectivity index (χ0v) is 36.4. The predicted octanol–water partition coefficient (Wildman–Crippen LogP) is 13.0. The van der Waals surface area contributed by atoms with Gasteiger partial charge in [0.2, 0.25) is 0 Å². The van der Waals surface area contributed by atoms with Crippen molar-refractivity contribution >= 4 is 72.4 Å². The lowest BCUT2D eigenvalue weighted by Gasteiger charge is -2.34. The maximum atomic E-state index is 2.51. The highest BCUT2D eigenvalue weighted by Crippen LogP contribution is 2.42. The van der Waals surface area contributed by atoms with Crippen LogP contribution in [0.25, 0.3) is 66.1 Å². The summed E-state index contributed by atoms with van der Waals surface area (Å²) in [5, 5.41) is 10.8. The molecule has 0 radical (unpaired) electrons. The summed E-state index contributed by atoms with van der Waals surface area (Å²) in [5.74, 6) is 0.629. The van der Waals surface area contributed by atoms with Gasteiger partial charge in [0.15, 0.2) is 8.07 Å². The molecule has 0 unspecified atom stereocenters. The summed E-state index contributed by atoms with van der Waals surface area (Å²) in [5.41, 5.74) is 11.3. The predicted molar refractivity (Wildman–Crippen MR) is 270 cm³/mol. The molecule has 1 saturated carbocycles. The number of benzene rings is 9. The van der Waals surface area contributed by atoms with E-state index < -0.39 is 8.07 Å². The maximum absolute atomic E-state index is 2.61. The lowest BCUT2D eigenvalue weighted by molar-refractivity contribution is 0.445. The number of nitrogens with zero attached hydrogens (tertiary/aromatic N) is 2. The van der Waals surface area contributed by atoms with Gasteiger partial charge in [-0.2, -0.15) is 0 Å². The van der Waals surface area contributed by atoms with Crippen molar-refractivity contribution in [2.45, 2.75) is 38.0 Å². The van der Waals surface area contributed by atoms with E-state index in [0.29, 0.717) is 5.92 Å². The number of aromatic nitrogens is 2. The van der Waals surface area contributed by atoms with Crippen LogP contribution in [-0.2, 0) is 0 Å². The molecule has 302 valence electrons. The first-order valence-corrected chi connectivity index (χ1v) is 24.7. The first kappa shape index (κ1) is 37.5. The summed E-state index contributed by atoms with van der Waals surface area (Å²) in [6, 6.07) is 84.2. The molecule has 0 aliphatic heterocycles. The zero-order chi connectivity index (χ0) is 41.7. The van der Waals surface area contributed by atoms with Gasteiger partial charge >= 0.3 is 0 Å². The van der Waals surface area contributed by atoms with Crippen molar-refractivity contribution in [2.24, 2.45) is 0 Å². The molecule has 3 heteroatoms. The van der Waals surface area contributed by atoms with Crippen LogP contribution in [0.5, 0.6) is 0 Å². The molecule has 1 fully saturated rings. The SMILES string of the molecule is c1ccc([Si](c2ccccc2)(c2ccccc2)c2ccc(-c3cccc(-n4c5ccccc5c5cc(-n6c7ccccc7c7c(C8CCCCC8)cccc76)ccc54)c3)cc2)cc1. The van der Waals surface area contributed by atoms with Crippen LogP contribution in [0.1, 0.15) is 43.6 Å². The second-order valence-electron chi connectivity index (χ2n) is 17.5. The highest BCUT2D eigenvalue weighted by atomic mass is 28.3. The van der Waals surface area contributed by atoms with Crippen molar-refractivity contribution in [3.63, 3.8) is 0 Å². The molecule has 0 spiro atoms. The quantitative estimate of drug-likeness (QED) is 0.107. The van der Waals surface area contributed by atoms with Gasteiger partial charge in [0.05, 0.1) is 22.1 Å². The topological polar surface area (TPSA) is 9.86 Å². The Hall–Kier alpha value is -7.20. The molecule has 0 N–H and O–H groups in total. The summed E-state index contributed by atoms with van der Waals surface area (Å²) in [4.78, 5) is 0. The Morgan fingerprint density at radius 2 is 0.841 bits per heavy atom. The summed E-state index contributed by atoms with van der Waals surface area (Å²) < 4.78 is 4.97. The van der Waals surface area contributed by atoms with Crippen molar-refractivity contribution in [1.29, 1.82) is 0 Å². The minimum atomic E-state index is -2.61. The van der Waals surface area contributed by atoms with Crippen LogP contribution in [0.4, 0.5) is 0 Å². The largest absolute Gasteiger partial charge is 0.309 e. The summed E-state index contributed by atoms with van der Waals surface area (Å²) in [6.07, 6.45) is 6.59. The Bertz CT molecular complexity index is 3320. The molecular formula is C60H48N2Si. The van der Waals surface area contributed by atoms with Crippen LogP contribution in [0, 0.1) is 0 Å². The molecule has 1 aliphatic carbocycles. The van der Waals surface area contributed by atoms with Crippen LogP contribution in [-0.4, -0.2) is 17.2 Å². The molecule has 2 heterocycles. The van der Waals surface area contributed by atoms with Gasteiger partial charge in [-0.15, -0.1) is 0 Å². The van der Waals surface area contributed by atoms with Gasteiger partial charge in [0, 0.05) is 32.9 Å². The van der Waals surface area contributed by atoms with Crippen molar-refractivity contribution in [3.8, 4) is 22.5 Å². The average Bonchev–Trinajstić information content (AvgIpc) is 3.88. The fraction of sp³-hybridized carbons (Fsp3) is 0.100. The fourth-order valence-corrected chi connectivity index (χ4v) is 16.0. The smallest absolute Gasteiger partial charge is 0.179 e. The number of rotatable bonds is 8. The van der Waals surface area contributed by atoms with Gasteiger partial charge < -0.3 is 9.13 Å². The Balaban J connectivity index is 0.974. The van der Waals surface area contributed by atoms with E-state index in [1.54, 1.807) is 0 Å². The lowest BCUT2D eigenvalue weighted by atomic mass is 9.82. The second kappa shape index (κ2) is 15.6. The number of para-hydroxylation sites is 2. The molecule has 2 nitrogen and oxygen atoms in total. The minimum Gasteiger partial charge on any atom is -0.309 e. The van der Waals surface area contributed by atoms with E-state index in [4.69, 9.17) is 0 Å². The second-order valence-corrected chi connectivity index (χ2v) is 21.3. The third-order valence-electron chi connectivity index (χ3n) is 14.1. The first-order chi connectivity index (χ1) is 31.3. The zero-order valence-electron chi connectivity index (χ0n) is 35.4. The Morgan fingerprint density at radius 3 is 1.51 bits per heavy atom. The number of hydrogen-bond acceptors (Lipinski definition) is 0. The average molecular weight is 825 g/mol. The third-order valence-corrected chi connectivity index (χ3v) is 18.9. The van der Waals surface area contributed by atoms with Crippen LogP contribution >= 0.6 is 0 Å². The standard InChI is InChI=1S/C60H48N2Si/c1-5-19-44(20-6-1)52-31-18-34-59-60(52)54-30-14-16-33-57(54)62(59)47-37-40-58-55(42-47)53-29-13-15-32-56(53)61(58)46-22-17-21-45(41-46)43-35-38-51(39-36-43)63(48-23-7-2-8-24-48,49-25-9-3-10-26-49)50-27-11-4-12-28-50/h2-4,7-18,21-42,44H,1,5-6,19-20H2. The normalized spacial score (nSPS) is 13.7. The molecule has 12 rings (SSSR count). The first-order valence-electron chi connectivity index (χ1n) is 22.7. The Morgan fingerprint density at radius 1 is 0.333 bits per heavy atom. The Labute approximate surface area is 370 Å². The summed E-state index contributed by atoms with van der Waals surface area (Å²) >= 11 is 0. The molecule has 0 bridgehead atoms. The van der Waals surface area contributed by atoms with E-state index in [0.717, 1.165) is 5.69 Å². The highest BCUT2D eigenvalue weighted by Gasteiger charge is 2.41. The van der Waals surface area contributed by atoms with E-state index >= 15 is 0 Å². The van der Waals surface area contributed by atoms with E-state index in [-0.39, 0.29) is 0 Å². The maximum Gasteiger partial charge on any atom is 0.179 e. The van der Waals surface area contributed by atoms with E-state index in [1.807, 2.05) is 0 Å². The molecule has 11 aromatic rings. The minimum absolute atomic E-state index is 0.629. The van der Waals surface area contributed by atoms with Gasteiger partial charge in [-0.3, -0.25) is 0 Å². The van der Waals surface area contributed by atoms with Crippen molar-refractivity contribution in [1.82, 2.24) is 9.13 Å². The van der Waals surface area contributed by atoms with Crippen LogP contribution in [0.3, 0.4) is 0 Å². The number of hydrogen-bond donors (Lipinski definition) is 0. The molecule has 0 atom stereocenters. The van der Waals surface area contributed by atoms with Crippen LogP contribution < -0.4 is 20.7 Å². The van der Waals surface area contributed by atoms with Crippen molar-refractivity contribution in [2.75, 3.05) is 0 Å². The van der Waals surface area contributed by atoms with Gasteiger partial charge in [-0.05, 0) is 105 Å². The Kier molecular flexibility index (Phi) is 9.30. The molecule has 1 aliphatic rings. The van der Waals surface area contributed by atoms with Crippen molar-refractivity contribution in [3.05, 3.63) is 230 Å². The van der Waals surface area contributed by atoms with E-state index in [1.165, 1.54) is 119 Å². The van der Waals surface area contributed by atoms with Gasteiger partial charge in [-0.1, -0.05) is 195 Å². The van der Waals surface area contributed by atoms with Crippen LogP contribution in [0.2, 0.25) is 0 Å². The van der Waals surface area contributed by atoms with Gasteiger partial charge in [0.25, 0.3) is 0 Å². The molecule has 2 aromatic heterocycles. The van der Waals surface area contributed by atoms with E-state index in [9.17, 15) is 0 Å². The van der Waals surface area contributed by atoms with Gasteiger partial charge in [0.1, 0.15) is 0 Å². The van der Waals surface area contributed by atoms with Gasteiger partial charge in [-0.25, -0.2) is 0 Å². The molecule has 0 amide bonds. The van der Waals surface area contributed by atoms with Crippen LogP contribution in [0.15, 0.2) is 224 Å². The number of fused-ring (bicyclic) bond motifs is 6. The third kappa shape index (κ3) is 6.13. The highest BCUT2D eigenvalue weighted by molar-refractivity contribution is 7.19. The molecule has 0 saturated heterocycles. The molecular weight excluding hydrogens is 777 g/mol.